The quantitative estimate of drug-likeness (QED) is 0.409. The van der Waals surface area contributed by atoms with Crippen molar-refractivity contribution in [3.05, 3.63) is 0 Å². The van der Waals surface area contributed by atoms with Crippen molar-refractivity contribution < 1.29 is 9.53 Å². The largest absolute Gasteiger partial charge is 0.373 e. The molecule has 50 valence electrons. The summed E-state index contributed by atoms with van der Waals surface area (Å²) in [6, 6.07) is 0. The number of carbonyl (C=O) groups is 1. The Kier molecular flexibility index (Phi) is 4.85. The summed E-state index contributed by atoms with van der Waals surface area (Å²) in [7, 11) is 0. The van der Waals surface area contributed by atoms with Gasteiger partial charge in [0.25, 0.3) is 0 Å². The van der Waals surface area contributed by atoms with Crippen molar-refractivity contribution in [2.75, 3.05) is 13.2 Å². The predicted molar refractivity (Wildman–Crippen MR) is 34.9 cm³/mol. The maximum Gasteiger partial charge on any atom is 0.231 e. The first-order valence-corrected chi connectivity index (χ1v) is 2.84. The summed E-state index contributed by atoms with van der Waals surface area (Å²) in [5, 5.41) is 0. The molecule has 0 aromatic carbocycles. The monoisotopic (exact) mass is 126 g/mol. The highest BCUT2D eigenvalue weighted by molar-refractivity contribution is 5.96. The van der Waals surface area contributed by atoms with Gasteiger partial charge in [-0.2, -0.15) is 0 Å². The molecule has 0 amide bonds. The van der Waals surface area contributed by atoms with Crippen LogP contribution in [-0.4, -0.2) is 19.0 Å². The predicted octanol–water partition coefficient (Wildman–Crippen LogP) is 0.615. The molecule has 0 rings (SSSR count). The van der Waals surface area contributed by atoms with Crippen LogP contribution in [0, 0.1) is 11.8 Å². The lowest BCUT2D eigenvalue weighted by Crippen LogP contribution is -2.04. The Morgan fingerprint density at radius 1 is 1.67 bits per heavy atom. The molecule has 0 aliphatic carbocycles. The van der Waals surface area contributed by atoms with E-state index < -0.39 is 0 Å². The van der Waals surface area contributed by atoms with Crippen molar-refractivity contribution in [3.8, 4) is 11.8 Å². The number of ketones is 1. The average Bonchev–Trinajstić information content (AvgIpc) is 1.85. The molecule has 0 spiro atoms. The Labute approximate surface area is 55.2 Å². The minimum Gasteiger partial charge on any atom is -0.373 e. The van der Waals surface area contributed by atoms with Gasteiger partial charge in [0, 0.05) is 6.61 Å². The van der Waals surface area contributed by atoms with E-state index in [0.29, 0.717) is 6.61 Å². The number of carbonyl (C=O) groups excluding carboxylic acids is 1. The molecule has 0 atom stereocenters. The molecule has 0 saturated carbocycles. The van der Waals surface area contributed by atoms with Gasteiger partial charge in [-0.25, -0.2) is 0 Å². The number of Topliss-reactive ketones (excluding diaryl/α,β-unsaturated/α-hetero) is 1. The first kappa shape index (κ1) is 8.19. The van der Waals surface area contributed by atoms with E-state index in [4.69, 9.17) is 4.74 Å². The molecule has 0 fully saturated rings. The van der Waals surface area contributed by atoms with Crippen LogP contribution in [0.5, 0.6) is 0 Å². The van der Waals surface area contributed by atoms with Crippen LogP contribution in [0.2, 0.25) is 0 Å². The number of hydrogen-bond acceptors (Lipinski definition) is 2. The summed E-state index contributed by atoms with van der Waals surface area (Å²) in [6.45, 7) is 4.16. The van der Waals surface area contributed by atoms with E-state index in [1.54, 1.807) is 6.92 Å². The van der Waals surface area contributed by atoms with Crippen LogP contribution < -0.4 is 0 Å². The zero-order valence-corrected chi connectivity index (χ0v) is 5.73. The lowest BCUT2D eigenvalue weighted by molar-refractivity contribution is -0.117. The molecule has 0 N–H and O–H groups in total. The summed E-state index contributed by atoms with van der Waals surface area (Å²) in [5.41, 5.74) is 0. The molecule has 0 radical (unpaired) electrons. The fraction of sp³-hybridized carbons (Fsp3) is 0.571. The third-order valence-corrected chi connectivity index (χ3v) is 0.702. The van der Waals surface area contributed by atoms with Gasteiger partial charge in [0.1, 0.15) is 6.61 Å². The average molecular weight is 126 g/mol. The molecule has 0 aliphatic heterocycles. The van der Waals surface area contributed by atoms with Crippen molar-refractivity contribution in [1.29, 1.82) is 0 Å². The Bertz CT molecular complexity index is 139. The second kappa shape index (κ2) is 5.33. The molecule has 0 aromatic heterocycles. The molecular formula is C7H10O2. The zero-order chi connectivity index (χ0) is 7.11. The van der Waals surface area contributed by atoms with Crippen LogP contribution >= 0.6 is 0 Å². The highest BCUT2D eigenvalue weighted by atomic mass is 16.5. The summed E-state index contributed by atoms with van der Waals surface area (Å²) >= 11 is 0. The summed E-state index contributed by atoms with van der Waals surface area (Å²) in [6.07, 6.45) is 0. The van der Waals surface area contributed by atoms with Gasteiger partial charge in [-0.1, -0.05) is 5.92 Å². The summed E-state index contributed by atoms with van der Waals surface area (Å²) in [5.74, 6) is 4.71. The molecule has 0 aromatic rings. The van der Waals surface area contributed by atoms with Crippen LogP contribution in [0.15, 0.2) is 0 Å². The first-order valence-electron chi connectivity index (χ1n) is 2.84. The maximum atomic E-state index is 10.5. The fourth-order valence-corrected chi connectivity index (χ4v) is 0.370. The second-order valence-corrected chi connectivity index (χ2v) is 1.44. The van der Waals surface area contributed by atoms with Gasteiger partial charge in [0.05, 0.1) is 0 Å². The van der Waals surface area contributed by atoms with Gasteiger partial charge in [-0.05, 0) is 19.8 Å². The maximum absolute atomic E-state index is 10.5. The molecule has 2 heteroatoms. The van der Waals surface area contributed by atoms with Crippen LogP contribution in [0.25, 0.3) is 0 Å². The normalized spacial score (nSPS) is 7.78. The molecule has 0 bridgehead atoms. The van der Waals surface area contributed by atoms with Crippen LogP contribution in [0.1, 0.15) is 13.8 Å². The van der Waals surface area contributed by atoms with E-state index in [0.717, 1.165) is 0 Å². The SMILES string of the molecule is CC#CC(=O)COCC. The second-order valence-electron chi connectivity index (χ2n) is 1.44. The molecule has 0 saturated heterocycles. The molecular weight excluding hydrogens is 116 g/mol. The molecule has 2 nitrogen and oxygen atoms in total. The van der Waals surface area contributed by atoms with Gasteiger partial charge in [-0.3, -0.25) is 4.79 Å². The Morgan fingerprint density at radius 3 is 2.78 bits per heavy atom. The number of rotatable bonds is 3. The van der Waals surface area contributed by atoms with Crippen molar-refractivity contribution in [3.63, 3.8) is 0 Å². The van der Waals surface area contributed by atoms with E-state index in [9.17, 15) is 4.79 Å². The van der Waals surface area contributed by atoms with E-state index in [1.807, 2.05) is 6.92 Å². The summed E-state index contributed by atoms with van der Waals surface area (Å²) in [4.78, 5) is 10.5. The van der Waals surface area contributed by atoms with Crippen molar-refractivity contribution in [1.82, 2.24) is 0 Å². The number of ether oxygens (including phenoxy) is 1. The fourth-order valence-electron chi connectivity index (χ4n) is 0.370. The third kappa shape index (κ3) is 5.05. The van der Waals surface area contributed by atoms with E-state index in [-0.39, 0.29) is 12.4 Å². The van der Waals surface area contributed by atoms with Crippen molar-refractivity contribution in [2.45, 2.75) is 13.8 Å². The first-order chi connectivity index (χ1) is 4.31. The molecule has 9 heavy (non-hydrogen) atoms. The minimum atomic E-state index is -0.153. The lowest BCUT2D eigenvalue weighted by atomic mass is 10.4. The Hall–Kier alpha value is -0.810. The van der Waals surface area contributed by atoms with Crippen LogP contribution in [0.4, 0.5) is 0 Å². The molecule has 0 heterocycles. The number of hydrogen-bond donors (Lipinski definition) is 0. The van der Waals surface area contributed by atoms with E-state index in [1.165, 1.54) is 0 Å². The molecule has 0 unspecified atom stereocenters. The highest BCUT2D eigenvalue weighted by Crippen LogP contribution is 1.73. The van der Waals surface area contributed by atoms with Crippen LogP contribution in [0.3, 0.4) is 0 Å². The van der Waals surface area contributed by atoms with Crippen LogP contribution in [-0.2, 0) is 9.53 Å². The van der Waals surface area contributed by atoms with Crippen molar-refractivity contribution in [2.24, 2.45) is 0 Å². The lowest BCUT2D eigenvalue weighted by Gasteiger charge is -1.91. The van der Waals surface area contributed by atoms with Gasteiger partial charge >= 0.3 is 0 Å². The smallest absolute Gasteiger partial charge is 0.231 e. The van der Waals surface area contributed by atoms with E-state index >= 15 is 0 Å². The molecule has 0 aliphatic rings. The van der Waals surface area contributed by atoms with Gasteiger partial charge < -0.3 is 4.74 Å². The van der Waals surface area contributed by atoms with Gasteiger partial charge in [-0.15, -0.1) is 0 Å². The highest BCUT2D eigenvalue weighted by Gasteiger charge is 1.92. The van der Waals surface area contributed by atoms with E-state index in [2.05, 4.69) is 11.8 Å². The Morgan fingerprint density at radius 2 is 2.33 bits per heavy atom. The van der Waals surface area contributed by atoms with Gasteiger partial charge in [0.15, 0.2) is 0 Å². The third-order valence-electron chi connectivity index (χ3n) is 0.702. The standard InChI is InChI=1S/C7H10O2/c1-3-5-7(8)6-9-4-2/h4,6H2,1-2H3. The minimum absolute atomic E-state index is 0.122. The zero-order valence-electron chi connectivity index (χ0n) is 5.73. The summed E-state index contributed by atoms with van der Waals surface area (Å²) < 4.78 is 4.80. The topological polar surface area (TPSA) is 26.3 Å². The van der Waals surface area contributed by atoms with Gasteiger partial charge in [0.2, 0.25) is 5.78 Å². The van der Waals surface area contributed by atoms with Crippen molar-refractivity contribution >= 4 is 5.78 Å². The Balaban J connectivity index is 3.35.